The highest BCUT2D eigenvalue weighted by Crippen LogP contribution is 2.18. The molecule has 1 fully saturated rings. The molecule has 1 heterocycles. The first-order valence-electron chi connectivity index (χ1n) is 9.80. The number of ether oxygens (including phenoxy) is 2. The van der Waals surface area contributed by atoms with Gasteiger partial charge in [-0.25, -0.2) is 0 Å². The zero-order valence-corrected chi connectivity index (χ0v) is 16.2. The maximum atomic E-state index is 12.3. The van der Waals surface area contributed by atoms with Crippen molar-refractivity contribution < 1.29 is 14.3 Å². The number of carbonyl (C=O) groups is 1. The fourth-order valence-electron chi connectivity index (χ4n) is 3.18. The molecule has 3 rings (SSSR count). The summed E-state index contributed by atoms with van der Waals surface area (Å²) in [5, 5.41) is 2.95. The molecule has 1 unspecified atom stereocenters. The summed E-state index contributed by atoms with van der Waals surface area (Å²) in [6.45, 7) is 5.38. The molecule has 6 nitrogen and oxygen atoms in total. The van der Waals surface area contributed by atoms with Crippen LogP contribution >= 0.6 is 0 Å². The van der Waals surface area contributed by atoms with Crippen LogP contribution in [0.25, 0.3) is 0 Å². The Balaban J connectivity index is 1.45. The number of hydrogen-bond donors (Lipinski definition) is 2. The minimum Gasteiger partial charge on any atom is -0.492 e. The zero-order chi connectivity index (χ0) is 19.6. The van der Waals surface area contributed by atoms with Crippen molar-refractivity contribution in [3.05, 3.63) is 65.7 Å². The van der Waals surface area contributed by atoms with Crippen LogP contribution in [0, 0.1) is 0 Å². The predicted octanol–water partition coefficient (Wildman–Crippen LogP) is 2.10. The summed E-state index contributed by atoms with van der Waals surface area (Å²) < 4.78 is 11.3. The second-order valence-corrected chi connectivity index (χ2v) is 6.91. The van der Waals surface area contributed by atoms with E-state index in [0.717, 1.165) is 49.7 Å². The van der Waals surface area contributed by atoms with Gasteiger partial charge in [-0.3, -0.25) is 9.69 Å². The summed E-state index contributed by atoms with van der Waals surface area (Å²) in [4.78, 5) is 14.6. The van der Waals surface area contributed by atoms with Crippen molar-refractivity contribution >= 4 is 5.91 Å². The van der Waals surface area contributed by atoms with E-state index in [1.54, 1.807) is 0 Å². The number of nitrogens with two attached hydrogens (primary N) is 1. The summed E-state index contributed by atoms with van der Waals surface area (Å²) in [5.41, 5.74) is 8.06. The van der Waals surface area contributed by atoms with Gasteiger partial charge in [-0.1, -0.05) is 48.5 Å². The molecule has 1 amide bonds. The molecule has 1 atom stereocenters. The quantitative estimate of drug-likeness (QED) is 0.694. The number of benzene rings is 2. The minimum atomic E-state index is -0.304. The van der Waals surface area contributed by atoms with E-state index in [1.165, 1.54) is 0 Å². The lowest BCUT2D eigenvalue weighted by molar-refractivity contribution is -0.121. The molecule has 0 aliphatic carbocycles. The molecule has 1 aliphatic heterocycles. The van der Waals surface area contributed by atoms with Crippen molar-refractivity contribution in [3.63, 3.8) is 0 Å². The second-order valence-electron chi connectivity index (χ2n) is 6.91. The van der Waals surface area contributed by atoms with Crippen LogP contribution in [0.1, 0.15) is 23.6 Å². The van der Waals surface area contributed by atoms with E-state index in [4.69, 9.17) is 15.2 Å². The van der Waals surface area contributed by atoms with E-state index in [1.807, 2.05) is 54.6 Å². The Labute approximate surface area is 166 Å². The minimum absolute atomic E-state index is 0.0699. The summed E-state index contributed by atoms with van der Waals surface area (Å²) >= 11 is 0. The molecule has 1 aliphatic rings. The fraction of sp³-hybridized carbons (Fsp3) is 0.409. The monoisotopic (exact) mass is 383 g/mol. The Morgan fingerprint density at radius 1 is 1.11 bits per heavy atom. The van der Waals surface area contributed by atoms with Gasteiger partial charge in [0.2, 0.25) is 5.91 Å². The lowest BCUT2D eigenvalue weighted by atomic mass is 10.0. The Morgan fingerprint density at radius 2 is 1.82 bits per heavy atom. The van der Waals surface area contributed by atoms with Crippen molar-refractivity contribution in [1.29, 1.82) is 0 Å². The zero-order valence-electron chi connectivity index (χ0n) is 16.2. The fourth-order valence-corrected chi connectivity index (χ4v) is 3.18. The molecule has 0 spiro atoms. The molecular weight excluding hydrogens is 354 g/mol. The number of hydrogen-bond acceptors (Lipinski definition) is 5. The number of rotatable bonds is 9. The molecule has 0 aromatic heterocycles. The van der Waals surface area contributed by atoms with Gasteiger partial charge in [0.05, 0.1) is 13.2 Å². The maximum absolute atomic E-state index is 12.3. The van der Waals surface area contributed by atoms with Gasteiger partial charge in [0.15, 0.2) is 0 Å². The number of para-hydroxylation sites is 1. The van der Waals surface area contributed by atoms with E-state index < -0.39 is 0 Å². The van der Waals surface area contributed by atoms with Gasteiger partial charge < -0.3 is 20.5 Å². The lowest BCUT2D eigenvalue weighted by Crippen LogP contribution is -2.38. The summed E-state index contributed by atoms with van der Waals surface area (Å²) in [7, 11) is 0. The Hall–Kier alpha value is -2.41. The van der Waals surface area contributed by atoms with Crippen molar-refractivity contribution in [3.8, 4) is 5.75 Å². The van der Waals surface area contributed by atoms with Gasteiger partial charge in [0, 0.05) is 44.2 Å². The average Bonchev–Trinajstić information content (AvgIpc) is 2.74. The van der Waals surface area contributed by atoms with Crippen LogP contribution in [0.3, 0.4) is 0 Å². The first-order valence-corrected chi connectivity index (χ1v) is 9.80. The summed E-state index contributed by atoms with van der Waals surface area (Å²) in [6.07, 6.45) is 0.254. The Kier molecular flexibility index (Phi) is 7.84. The highest BCUT2D eigenvalue weighted by Gasteiger charge is 2.13. The molecule has 2 aromatic rings. The van der Waals surface area contributed by atoms with Crippen LogP contribution in [0.15, 0.2) is 54.6 Å². The van der Waals surface area contributed by atoms with Crippen LogP contribution in [-0.2, 0) is 16.1 Å². The highest BCUT2D eigenvalue weighted by atomic mass is 16.5. The van der Waals surface area contributed by atoms with Crippen LogP contribution in [0.4, 0.5) is 0 Å². The molecule has 150 valence electrons. The average molecular weight is 383 g/mol. The largest absolute Gasteiger partial charge is 0.492 e. The normalized spacial score (nSPS) is 15.8. The van der Waals surface area contributed by atoms with Crippen LogP contribution in [-0.4, -0.2) is 50.3 Å². The predicted molar refractivity (Wildman–Crippen MR) is 109 cm³/mol. The van der Waals surface area contributed by atoms with E-state index in [9.17, 15) is 4.79 Å². The molecular formula is C22H29N3O3. The van der Waals surface area contributed by atoms with E-state index in [2.05, 4.69) is 10.2 Å². The van der Waals surface area contributed by atoms with Gasteiger partial charge in [-0.05, 0) is 11.6 Å². The van der Waals surface area contributed by atoms with Gasteiger partial charge in [0.25, 0.3) is 0 Å². The molecule has 3 N–H and O–H groups in total. The third-order valence-corrected chi connectivity index (χ3v) is 4.85. The van der Waals surface area contributed by atoms with Crippen molar-refractivity contribution in [2.75, 3.05) is 39.5 Å². The van der Waals surface area contributed by atoms with E-state index in [0.29, 0.717) is 13.2 Å². The van der Waals surface area contributed by atoms with Crippen LogP contribution in [0.2, 0.25) is 0 Å². The third-order valence-electron chi connectivity index (χ3n) is 4.85. The van der Waals surface area contributed by atoms with Crippen LogP contribution in [0.5, 0.6) is 5.75 Å². The van der Waals surface area contributed by atoms with Gasteiger partial charge in [-0.15, -0.1) is 0 Å². The van der Waals surface area contributed by atoms with Crippen molar-refractivity contribution in [2.45, 2.75) is 19.0 Å². The van der Waals surface area contributed by atoms with Crippen molar-refractivity contribution in [2.24, 2.45) is 5.73 Å². The smallest absolute Gasteiger partial charge is 0.222 e. The number of nitrogens with one attached hydrogen (secondary N) is 1. The topological polar surface area (TPSA) is 76.8 Å². The molecule has 1 saturated heterocycles. The SMILES string of the molecule is NC(CC(=O)NCc1ccccc1OCCN1CCOCC1)c1ccccc1. The second kappa shape index (κ2) is 10.8. The van der Waals surface area contributed by atoms with E-state index >= 15 is 0 Å². The first-order chi connectivity index (χ1) is 13.7. The highest BCUT2D eigenvalue weighted by molar-refractivity contribution is 5.76. The first kappa shape index (κ1) is 20.3. The summed E-state index contributed by atoms with van der Waals surface area (Å²) in [6, 6.07) is 17.2. The lowest BCUT2D eigenvalue weighted by Gasteiger charge is -2.26. The van der Waals surface area contributed by atoms with Crippen molar-refractivity contribution in [1.82, 2.24) is 10.2 Å². The molecule has 0 bridgehead atoms. The number of morpholine rings is 1. The number of nitrogens with zero attached hydrogens (tertiary/aromatic N) is 1. The molecule has 0 saturated carbocycles. The molecule has 2 aromatic carbocycles. The van der Waals surface area contributed by atoms with Gasteiger partial charge in [-0.2, -0.15) is 0 Å². The maximum Gasteiger partial charge on any atom is 0.222 e. The Bertz CT molecular complexity index is 733. The Morgan fingerprint density at radius 3 is 2.61 bits per heavy atom. The number of amides is 1. The number of carbonyl (C=O) groups excluding carboxylic acids is 1. The standard InChI is InChI=1S/C22H29N3O3/c23-20(18-6-2-1-3-7-18)16-22(26)24-17-19-8-4-5-9-21(19)28-15-12-25-10-13-27-14-11-25/h1-9,20H,10-17,23H2,(H,24,26). The molecule has 6 heteroatoms. The third kappa shape index (κ3) is 6.34. The van der Waals surface area contributed by atoms with Gasteiger partial charge >= 0.3 is 0 Å². The van der Waals surface area contributed by atoms with Crippen LogP contribution < -0.4 is 15.8 Å². The summed E-state index contributed by atoms with van der Waals surface area (Å²) in [5.74, 6) is 0.739. The molecule has 28 heavy (non-hydrogen) atoms. The van der Waals surface area contributed by atoms with E-state index in [-0.39, 0.29) is 18.4 Å². The van der Waals surface area contributed by atoms with Gasteiger partial charge in [0.1, 0.15) is 12.4 Å². The molecule has 0 radical (unpaired) electrons.